The van der Waals surface area contributed by atoms with Crippen LogP contribution in [0.1, 0.15) is 24.1 Å². The van der Waals surface area contributed by atoms with Gasteiger partial charge in [0.1, 0.15) is 5.75 Å². The number of hydrogen-bond acceptors (Lipinski definition) is 3. The SMILES string of the molecule is Cc1cn(-c2ccc(OC(F)F)cc2)c(=NC(=O)N2CCCCC2)s1. The molecule has 134 valence electrons. The van der Waals surface area contributed by atoms with Crippen molar-refractivity contribution < 1.29 is 18.3 Å². The van der Waals surface area contributed by atoms with Gasteiger partial charge in [-0.25, -0.2) is 4.79 Å². The lowest BCUT2D eigenvalue weighted by atomic mass is 10.1. The molecule has 0 aliphatic carbocycles. The van der Waals surface area contributed by atoms with Crippen molar-refractivity contribution in [1.29, 1.82) is 0 Å². The zero-order valence-electron chi connectivity index (χ0n) is 13.8. The first-order chi connectivity index (χ1) is 12.0. The Bertz CT molecular complexity index is 793. The Kier molecular flexibility index (Phi) is 5.47. The third kappa shape index (κ3) is 4.45. The standard InChI is InChI=1S/C17H19F2N3O2S/c1-12-11-22(13-5-7-14(8-6-13)24-15(18)19)17(25-12)20-16(23)21-9-3-2-4-10-21/h5-8,11,15H,2-4,9-10H2,1H3. The van der Waals surface area contributed by atoms with Crippen LogP contribution in [0, 0.1) is 6.92 Å². The summed E-state index contributed by atoms with van der Waals surface area (Å²) in [5.41, 5.74) is 0.733. The highest BCUT2D eigenvalue weighted by molar-refractivity contribution is 7.09. The third-order valence-electron chi connectivity index (χ3n) is 3.93. The molecule has 0 spiro atoms. The Labute approximate surface area is 148 Å². The van der Waals surface area contributed by atoms with Crippen LogP contribution in [0.3, 0.4) is 0 Å². The molecule has 8 heteroatoms. The van der Waals surface area contributed by atoms with E-state index in [9.17, 15) is 13.6 Å². The monoisotopic (exact) mass is 367 g/mol. The number of urea groups is 1. The third-order valence-corrected chi connectivity index (χ3v) is 4.83. The molecule has 1 saturated heterocycles. The van der Waals surface area contributed by atoms with Crippen molar-refractivity contribution in [1.82, 2.24) is 9.47 Å². The van der Waals surface area contributed by atoms with E-state index in [-0.39, 0.29) is 11.8 Å². The molecule has 0 bridgehead atoms. The predicted molar refractivity (Wildman–Crippen MR) is 91.4 cm³/mol. The van der Waals surface area contributed by atoms with E-state index in [0.29, 0.717) is 4.80 Å². The zero-order valence-corrected chi connectivity index (χ0v) is 14.6. The molecule has 0 unspecified atom stereocenters. The number of nitrogens with zero attached hydrogens (tertiary/aromatic N) is 3. The molecule has 0 saturated carbocycles. The minimum absolute atomic E-state index is 0.0918. The van der Waals surface area contributed by atoms with Crippen LogP contribution in [0.4, 0.5) is 13.6 Å². The maximum Gasteiger partial charge on any atom is 0.387 e. The van der Waals surface area contributed by atoms with Crippen molar-refractivity contribution in [2.75, 3.05) is 13.1 Å². The van der Waals surface area contributed by atoms with Gasteiger partial charge in [-0.1, -0.05) is 0 Å². The van der Waals surface area contributed by atoms with Crippen LogP contribution in [0.25, 0.3) is 5.69 Å². The molecule has 1 aromatic heterocycles. The zero-order chi connectivity index (χ0) is 17.8. The fraction of sp³-hybridized carbons (Fsp3) is 0.412. The summed E-state index contributed by atoms with van der Waals surface area (Å²) in [4.78, 5) is 20.0. The molecule has 0 atom stereocenters. The topological polar surface area (TPSA) is 46.8 Å². The van der Waals surface area contributed by atoms with Crippen LogP contribution >= 0.6 is 11.3 Å². The average molecular weight is 367 g/mol. The molecular formula is C17H19F2N3O2S. The van der Waals surface area contributed by atoms with Crippen molar-refractivity contribution in [2.45, 2.75) is 32.8 Å². The normalized spacial score (nSPS) is 15.7. The van der Waals surface area contributed by atoms with Gasteiger partial charge in [0, 0.05) is 29.9 Å². The van der Waals surface area contributed by atoms with Crippen molar-refractivity contribution in [3.05, 3.63) is 40.1 Å². The van der Waals surface area contributed by atoms with Gasteiger partial charge in [0.25, 0.3) is 0 Å². The second-order valence-corrected chi connectivity index (χ2v) is 7.02. The largest absolute Gasteiger partial charge is 0.435 e. The van der Waals surface area contributed by atoms with E-state index < -0.39 is 6.61 Å². The van der Waals surface area contributed by atoms with Crippen LogP contribution in [0.2, 0.25) is 0 Å². The first kappa shape index (κ1) is 17.6. The number of piperidine rings is 1. The minimum atomic E-state index is -2.85. The highest BCUT2D eigenvalue weighted by Gasteiger charge is 2.16. The van der Waals surface area contributed by atoms with Gasteiger partial charge in [0.15, 0.2) is 4.80 Å². The quantitative estimate of drug-likeness (QED) is 0.824. The van der Waals surface area contributed by atoms with E-state index in [1.54, 1.807) is 21.6 Å². The highest BCUT2D eigenvalue weighted by Crippen LogP contribution is 2.18. The number of rotatable bonds is 3. The summed E-state index contributed by atoms with van der Waals surface area (Å²) in [7, 11) is 0. The van der Waals surface area contributed by atoms with Crippen molar-refractivity contribution in [2.24, 2.45) is 4.99 Å². The lowest BCUT2D eigenvalue weighted by molar-refractivity contribution is -0.0498. The lowest BCUT2D eigenvalue weighted by Gasteiger charge is -2.24. The Balaban J connectivity index is 1.87. The van der Waals surface area contributed by atoms with E-state index >= 15 is 0 Å². The van der Waals surface area contributed by atoms with Crippen molar-refractivity contribution >= 4 is 17.4 Å². The number of ether oxygens (including phenoxy) is 1. The van der Waals surface area contributed by atoms with Gasteiger partial charge in [-0.3, -0.25) is 4.57 Å². The molecule has 5 nitrogen and oxygen atoms in total. The molecule has 2 heterocycles. The number of benzene rings is 1. The fourth-order valence-electron chi connectivity index (χ4n) is 2.74. The summed E-state index contributed by atoms with van der Waals surface area (Å²) < 4.78 is 30.6. The summed E-state index contributed by atoms with van der Waals surface area (Å²) >= 11 is 1.41. The Morgan fingerprint density at radius 3 is 2.52 bits per heavy atom. The van der Waals surface area contributed by atoms with Crippen LogP contribution < -0.4 is 9.54 Å². The van der Waals surface area contributed by atoms with Gasteiger partial charge in [0.05, 0.1) is 0 Å². The number of carbonyl (C=O) groups is 1. The average Bonchev–Trinajstić information content (AvgIpc) is 2.96. The van der Waals surface area contributed by atoms with Gasteiger partial charge in [-0.15, -0.1) is 11.3 Å². The second kappa shape index (κ2) is 7.77. The maximum absolute atomic E-state index is 12.4. The van der Waals surface area contributed by atoms with E-state index in [2.05, 4.69) is 9.73 Å². The van der Waals surface area contributed by atoms with Gasteiger partial charge in [0.2, 0.25) is 0 Å². The number of hydrogen-bond donors (Lipinski definition) is 0. The van der Waals surface area contributed by atoms with Crippen molar-refractivity contribution in [3.8, 4) is 11.4 Å². The molecule has 1 aliphatic heterocycles. The number of likely N-dealkylation sites (tertiary alicyclic amines) is 1. The van der Waals surface area contributed by atoms with Crippen LogP contribution in [-0.4, -0.2) is 35.2 Å². The van der Waals surface area contributed by atoms with Gasteiger partial charge >= 0.3 is 12.6 Å². The Morgan fingerprint density at radius 2 is 1.88 bits per heavy atom. The molecule has 2 amide bonds. The Morgan fingerprint density at radius 1 is 1.20 bits per heavy atom. The van der Waals surface area contributed by atoms with E-state index in [1.807, 2.05) is 13.1 Å². The number of carbonyl (C=O) groups excluding carboxylic acids is 1. The molecule has 25 heavy (non-hydrogen) atoms. The number of halogens is 2. The summed E-state index contributed by atoms with van der Waals surface area (Å²) in [6.07, 6.45) is 5.04. The number of amides is 2. The first-order valence-electron chi connectivity index (χ1n) is 8.11. The summed E-state index contributed by atoms with van der Waals surface area (Å²) in [5, 5.41) is 0. The van der Waals surface area contributed by atoms with E-state index in [0.717, 1.165) is 42.9 Å². The predicted octanol–water partition coefficient (Wildman–Crippen LogP) is 3.96. The molecule has 0 radical (unpaired) electrons. The van der Waals surface area contributed by atoms with Crippen LogP contribution in [0.15, 0.2) is 35.5 Å². The van der Waals surface area contributed by atoms with Crippen LogP contribution in [0.5, 0.6) is 5.75 Å². The molecular weight excluding hydrogens is 348 g/mol. The molecule has 1 aliphatic rings. The number of aryl methyl sites for hydroxylation is 1. The molecule has 1 aromatic carbocycles. The fourth-order valence-corrected chi connectivity index (χ4v) is 3.57. The van der Waals surface area contributed by atoms with Gasteiger partial charge < -0.3 is 9.64 Å². The Hall–Kier alpha value is -2.22. The van der Waals surface area contributed by atoms with Crippen LogP contribution in [-0.2, 0) is 0 Å². The number of thiazole rings is 1. The van der Waals surface area contributed by atoms with Crippen molar-refractivity contribution in [3.63, 3.8) is 0 Å². The second-order valence-electron chi connectivity index (χ2n) is 5.81. The smallest absolute Gasteiger partial charge is 0.387 e. The summed E-state index contributed by atoms with van der Waals surface area (Å²) in [6.45, 7) is 0.563. The van der Waals surface area contributed by atoms with Gasteiger partial charge in [-0.2, -0.15) is 13.8 Å². The summed E-state index contributed by atoms with van der Waals surface area (Å²) in [6, 6.07) is 6.03. The molecule has 2 aromatic rings. The summed E-state index contributed by atoms with van der Waals surface area (Å²) in [5.74, 6) is 0.0918. The number of alkyl halides is 2. The highest BCUT2D eigenvalue weighted by atomic mass is 32.1. The molecule has 0 N–H and O–H groups in total. The van der Waals surface area contributed by atoms with E-state index in [4.69, 9.17) is 0 Å². The van der Waals surface area contributed by atoms with E-state index in [1.165, 1.54) is 23.5 Å². The minimum Gasteiger partial charge on any atom is -0.435 e. The van der Waals surface area contributed by atoms with Gasteiger partial charge in [-0.05, 0) is 50.5 Å². The number of aromatic nitrogens is 1. The molecule has 1 fully saturated rings. The maximum atomic E-state index is 12.4. The first-order valence-corrected chi connectivity index (χ1v) is 8.92. The molecule has 3 rings (SSSR count). The lowest BCUT2D eigenvalue weighted by Crippen LogP contribution is -2.34.